The lowest BCUT2D eigenvalue weighted by Crippen LogP contribution is -2.18. The zero-order chi connectivity index (χ0) is 22.8. The summed E-state index contributed by atoms with van der Waals surface area (Å²) >= 11 is 0. The van der Waals surface area contributed by atoms with Crippen LogP contribution in [0.1, 0.15) is 12.7 Å². The minimum absolute atomic E-state index is 0.0481. The maximum Gasteiger partial charge on any atom is 0.343 e. The number of carbonyl (C=O) groups excluding carboxylic acids is 2. The average molecular weight is 430 g/mol. The summed E-state index contributed by atoms with van der Waals surface area (Å²) in [7, 11) is 1.22. The second kappa shape index (κ2) is 8.35. The van der Waals surface area contributed by atoms with Crippen molar-refractivity contribution in [1.82, 2.24) is 0 Å². The molecule has 32 heavy (non-hydrogen) atoms. The Bertz CT molecular complexity index is 1290. The van der Waals surface area contributed by atoms with Crippen LogP contribution in [0.3, 0.4) is 0 Å². The predicted molar refractivity (Wildman–Crippen MR) is 117 cm³/mol. The number of hydrogen-bond acceptors (Lipinski definition) is 7. The fraction of sp³-hybridized carbons (Fsp3) is 0.0833. The lowest BCUT2D eigenvalue weighted by atomic mass is 10.1. The van der Waals surface area contributed by atoms with Gasteiger partial charge in [0.1, 0.15) is 17.1 Å². The molecule has 3 aromatic rings. The third-order valence-corrected chi connectivity index (χ3v) is 5.05. The minimum atomic E-state index is -0.714. The van der Waals surface area contributed by atoms with Crippen LogP contribution >= 0.6 is 0 Å². The topological polar surface area (TPSA) is 103 Å². The standard InChI is InChI=1S/C24H18N2O6/c1-15-22(24(28)31-2)23(27)20(25(15)17-8-4-3-5-9-17)14-19-11-12-21(32-19)16-7-6-10-18(13-16)26(29)30/h3-14H,1-2H3/b20-14+. The quantitative estimate of drug-likeness (QED) is 0.189. The largest absolute Gasteiger partial charge is 0.465 e. The van der Waals surface area contributed by atoms with Crippen LogP contribution in [0.25, 0.3) is 17.4 Å². The summed E-state index contributed by atoms with van der Waals surface area (Å²) in [5.74, 6) is -0.426. The number of non-ortho nitro benzene ring substituents is 1. The van der Waals surface area contributed by atoms with E-state index in [0.717, 1.165) is 0 Å². The van der Waals surface area contributed by atoms with Crippen molar-refractivity contribution >= 4 is 29.2 Å². The van der Waals surface area contributed by atoms with Gasteiger partial charge in [0.2, 0.25) is 5.78 Å². The van der Waals surface area contributed by atoms with Gasteiger partial charge in [-0.3, -0.25) is 14.9 Å². The SMILES string of the molecule is COC(=O)C1=C(C)N(c2ccccc2)/C(=C/c2ccc(-c3cccc([N+](=O)[O-])c3)o2)C1=O. The Hall–Kier alpha value is -4.46. The van der Waals surface area contributed by atoms with Gasteiger partial charge in [-0.25, -0.2) is 4.79 Å². The van der Waals surface area contributed by atoms with Crippen LogP contribution in [0.2, 0.25) is 0 Å². The Morgan fingerprint density at radius 2 is 1.84 bits per heavy atom. The van der Waals surface area contributed by atoms with Crippen molar-refractivity contribution in [2.24, 2.45) is 0 Å². The van der Waals surface area contributed by atoms with Crippen LogP contribution in [-0.4, -0.2) is 23.8 Å². The summed E-state index contributed by atoms with van der Waals surface area (Å²) < 4.78 is 10.6. The van der Waals surface area contributed by atoms with Crippen molar-refractivity contribution in [3.05, 3.63) is 99.6 Å². The number of methoxy groups -OCH3 is 1. The molecule has 0 saturated heterocycles. The van der Waals surface area contributed by atoms with Gasteiger partial charge in [-0.1, -0.05) is 30.3 Å². The maximum atomic E-state index is 13.1. The van der Waals surface area contributed by atoms with Gasteiger partial charge >= 0.3 is 5.97 Å². The molecular formula is C24H18N2O6. The normalized spacial score (nSPS) is 14.9. The van der Waals surface area contributed by atoms with Crippen molar-refractivity contribution in [2.75, 3.05) is 12.0 Å². The van der Waals surface area contributed by atoms with E-state index in [9.17, 15) is 19.7 Å². The van der Waals surface area contributed by atoms with Gasteiger partial charge in [-0.05, 0) is 31.2 Å². The molecule has 8 nitrogen and oxygen atoms in total. The van der Waals surface area contributed by atoms with E-state index in [0.29, 0.717) is 28.5 Å². The number of nitro groups is 1. The Kier molecular flexibility index (Phi) is 5.43. The summed E-state index contributed by atoms with van der Waals surface area (Å²) in [6.07, 6.45) is 1.54. The molecule has 0 bridgehead atoms. The molecule has 0 N–H and O–H groups in total. The van der Waals surface area contributed by atoms with E-state index >= 15 is 0 Å². The second-order valence-corrected chi connectivity index (χ2v) is 6.99. The number of hydrogen-bond donors (Lipinski definition) is 0. The van der Waals surface area contributed by atoms with Crippen LogP contribution in [0.4, 0.5) is 11.4 Å². The monoisotopic (exact) mass is 430 g/mol. The minimum Gasteiger partial charge on any atom is -0.465 e. The second-order valence-electron chi connectivity index (χ2n) is 6.99. The van der Waals surface area contributed by atoms with Crippen molar-refractivity contribution in [1.29, 1.82) is 0 Å². The number of nitro benzene ring substituents is 1. The molecule has 2 aromatic carbocycles. The zero-order valence-corrected chi connectivity index (χ0v) is 17.3. The molecule has 0 atom stereocenters. The molecule has 1 aromatic heterocycles. The third-order valence-electron chi connectivity index (χ3n) is 5.05. The highest BCUT2D eigenvalue weighted by Gasteiger charge is 2.38. The Morgan fingerprint density at radius 1 is 1.09 bits per heavy atom. The van der Waals surface area contributed by atoms with Crippen LogP contribution in [0.5, 0.6) is 0 Å². The number of Topliss-reactive ketones (excluding diaryl/α,β-unsaturated/α-hetero) is 1. The first-order valence-corrected chi connectivity index (χ1v) is 9.66. The molecular weight excluding hydrogens is 412 g/mol. The fourth-order valence-corrected chi connectivity index (χ4v) is 3.56. The third kappa shape index (κ3) is 3.69. The van der Waals surface area contributed by atoms with Crippen molar-refractivity contribution in [3.8, 4) is 11.3 Å². The summed E-state index contributed by atoms with van der Waals surface area (Å²) in [5.41, 5.74) is 1.81. The first-order valence-electron chi connectivity index (χ1n) is 9.66. The number of anilines is 1. The number of para-hydroxylation sites is 1. The zero-order valence-electron chi connectivity index (χ0n) is 17.3. The van der Waals surface area contributed by atoms with Crippen molar-refractivity contribution in [2.45, 2.75) is 6.92 Å². The summed E-state index contributed by atoms with van der Waals surface area (Å²) in [6, 6.07) is 18.5. The van der Waals surface area contributed by atoms with E-state index in [1.54, 1.807) is 36.1 Å². The van der Waals surface area contributed by atoms with E-state index in [2.05, 4.69) is 0 Å². The molecule has 0 fully saturated rings. The number of ketones is 1. The van der Waals surface area contributed by atoms with Gasteiger partial charge in [0, 0.05) is 35.2 Å². The summed E-state index contributed by atoms with van der Waals surface area (Å²) in [4.78, 5) is 37.6. The highest BCUT2D eigenvalue weighted by atomic mass is 16.6. The van der Waals surface area contributed by atoms with Crippen LogP contribution in [0.15, 0.2) is 88.1 Å². The van der Waals surface area contributed by atoms with Crippen LogP contribution < -0.4 is 4.90 Å². The lowest BCUT2D eigenvalue weighted by Gasteiger charge is -2.21. The maximum absolute atomic E-state index is 13.1. The van der Waals surface area contributed by atoms with Crippen molar-refractivity contribution < 1.29 is 23.7 Å². The Morgan fingerprint density at radius 3 is 2.53 bits per heavy atom. The molecule has 0 amide bonds. The molecule has 8 heteroatoms. The van der Waals surface area contributed by atoms with Crippen LogP contribution in [-0.2, 0) is 14.3 Å². The van der Waals surface area contributed by atoms with Gasteiger partial charge < -0.3 is 14.1 Å². The van der Waals surface area contributed by atoms with E-state index in [1.807, 2.05) is 30.3 Å². The first-order chi connectivity index (χ1) is 15.4. The highest BCUT2D eigenvalue weighted by Crippen LogP contribution is 2.36. The molecule has 4 rings (SSSR count). The molecule has 0 aliphatic carbocycles. The lowest BCUT2D eigenvalue weighted by molar-refractivity contribution is -0.384. The van der Waals surface area contributed by atoms with E-state index in [1.165, 1.54) is 25.3 Å². The van der Waals surface area contributed by atoms with E-state index < -0.39 is 16.7 Å². The molecule has 160 valence electrons. The van der Waals surface area contributed by atoms with Gasteiger partial charge in [0.15, 0.2) is 0 Å². The Labute approximate surface area is 183 Å². The number of nitrogens with zero attached hydrogens (tertiary/aromatic N) is 2. The fourth-order valence-electron chi connectivity index (χ4n) is 3.56. The molecule has 0 saturated carbocycles. The predicted octanol–water partition coefficient (Wildman–Crippen LogP) is 4.73. The number of rotatable bonds is 5. The van der Waals surface area contributed by atoms with Gasteiger partial charge in [-0.15, -0.1) is 0 Å². The number of esters is 1. The molecule has 0 radical (unpaired) electrons. The summed E-state index contributed by atoms with van der Waals surface area (Å²) in [5, 5.41) is 11.0. The summed E-state index contributed by atoms with van der Waals surface area (Å²) in [6.45, 7) is 1.68. The smallest absolute Gasteiger partial charge is 0.343 e. The molecule has 1 aliphatic rings. The first kappa shape index (κ1) is 20.8. The van der Waals surface area contributed by atoms with Gasteiger partial charge in [0.05, 0.1) is 17.7 Å². The van der Waals surface area contributed by atoms with Crippen LogP contribution in [0, 0.1) is 10.1 Å². The molecule has 0 unspecified atom stereocenters. The molecule has 0 spiro atoms. The Balaban J connectivity index is 1.76. The number of furan rings is 1. The number of carbonyl (C=O) groups is 2. The van der Waals surface area contributed by atoms with E-state index in [4.69, 9.17) is 9.15 Å². The number of benzene rings is 2. The average Bonchev–Trinajstić information content (AvgIpc) is 3.37. The van der Waals surface area contributed by atoms with E-state index in [-0.39, 0.29) is 17.0 Å². The molecule has 1 aliphatic heterocycles. The van der Waals surface area contributed by atoms with Crippen molar-refractivity contribution in [3.63, 3.8) is 0 Å². The number of allylic oxidation sites excluding steroid dienone is 2. The number of ether oxygens (including phenoxy) is 1. The highest BCUT2D eigenvalue weighted by molar-refractivity contribution is 6.30. The van der Waals surface area contributed by atoms with Gasteiger partial charge in [0.25, 0.3) is 5.69 Å². The molecule has 2 heterocycles. The van der Waals surface area contributed by atoms with Gasteiger partial charge in [-0.2, -0.15) is 0 Å².